The predicted molar refractivity (Wildman–Crippen MR) is 73.4 cm³/mol. The van der Waals surface area contributed by atoms with E-state index in [1.807, 2.05) is 18.5 Å². The van der Waals surface area contributed by atoms with E-state index in [0.717, 1.165) is 24.2 Å². The Morgan fingerprint density at radius 2 is 2.00 bits per heavy atom. The van der Waals surface area contributed by atoms with Crippen molar-refractivity contribution in [1.29, 1.82) is 0 Å². The van der Waals surface area contributed by atoms with Crippen LogP contribution in [0.25, 0.3) is 0 Å². The van der Waals surface area contributed by atoms with E-state index in [0.29, 0.717) is 11.5 Å². The number of carboxylic acid groups (broad SMARTS) is 1. The van der Waals surface area contributed by atoms with E-state index < -0.39 is 5.97 Å². The molecular weight excluding hydrogens is 240 g/mol. The highest BCUT2D eigenvalue weighted by molar-refractivity contribution is 5.87. The fourth-order valence-corrected chi connectivity index (χ4v) is 1.87. The number of aryl methyl sites for hydroxylation is 2. The lowest BCUT2D eigenvalue weighted by molar-refractivity contribution is 0.0697. The molecule has 4 heteroatoms. The Kier molecular flexibility index (Phi) is 4.00. The molecule has 0 radical (unpaired) electrons. The van der Waals surface area contributed by atoms with Gasteiger partial charge in [-0.05, 0) is 30.0 Å². The van der Waals surface area contributed by atoms with Gasteiger partial charge in [0.2, 0.25) is 0 Å². The first kappa shape index (κ1) is 13.3. The summed E-state index contributed by atoms with van der Waals surface area (Å²) in [6.45, 7) is 5.10. The molecule has 1 aromatic carbocycles. The maximum Gasteiger partial charge on any atom is 0.335 e. The SMILES string of the molecule is CC(C)c1cn(CCc2ccc(C(=O)O)cc2)cn1. The summed E-state index contributed by atoms with van der Waals surface area (Å²) < 4.78 is 2.07. The topological polar surface area (TPSA) is 55.1 Å². The number of aromatic carboxylic acids is 1. The number of carboxylic acids is 1. The van der Waals surface area contributed by atoms with Gasteiger partial charge in [0.05, 0.1) is 17.6 Å². The Balaban J connectivity index is 1.96. The minimum Gasteiger partial charge on any atom is -0.478 e. The molecule has 0 spiro atoms. The van der Waals surface area contributed by atoms with Crippen LogP contribution in [0.1, 0.15) is 41.4 Å². The molecule has 1 N–H and O–H groups in total. The average molecular weight is 258 g/mol. The number of hydrogen-bond donors (Lipinski definition) is 1. The third-order valence-corrected chi connectivity index (χ3v) is 3.10. The van der Waals surface area contributed by atoms with Crippen LogP contribution in [0.15, 0.2) is 36.8 Å². The van der Waals surface area contributed by atoms with Crippen molar-refractivity contribution in [3.8, 4) is 0 Å². The summed E-state index contributed by atoms with van der Waals surface area (Å²) in [5, 5.41) is 8.83. The summed E-state index contributed by atoms with van der Waals surface area (Å²) in [4.78, 5) is 15.1. The van der Waals surface area contributed by atoms with E-state index in [2.05, 4.69) is 29.6 Å². The normalized spacial score (nSPS) is 10.9. The Bertz CT molecular complexity index is 556. The number of aromatic nitrogens is 2. The van der Waals surface area contributed by atoms with E-state index >= 15 is 0 Å². The summed E-state index contributed by atoms with van der Waals surface area (Å²) >= 11 is 0. The maximum absolute atomic E-state index is 10.7. The van der Waals surface area contributed by atoms with Crippen LogP contribution in [0, 0.1) is 0 Å². The molecule has 0 bridgehead atoms. The number of imidazole rings is 1. The van der Waals surface area contributed by atoms with Crippen LogP contribution in [-0.4, -0.2) is 20.6 Å². The van der Waals surface area contributed by atoms with Gasteiger partial charge < -0.3 is 9.67 Å². The molecular formula is C15H18N2O2. The van der Waals surface area contributed by atoms with Crippen LogP contribution in [0.5, 0.6) is 0 Å². The van der Waals surface area contributed by atoms with Crippen molar-refractivity contribution in [2.45, 2.75) is 32.7 Å². The van der Waals surface area contributed by atoms with Crippen molar-refractivity contribution in [2.75, 3.05) is 0 Å². The van der Waals surface area contributed by atoms with Gasteiger partial charge in [-0.25, -0.2) is 9.78 Å². The van der Waals surface area contributed by atoms with Gasteiger partial charge in [0, 0.05) is 12.7 Å². The fourth-order valence-electron chi connectivity index (χ4n) is 1.87. The van der Waals surface area contributed by atoms with Gasteiger partial charge in [-0.15, -0.1) is 0 Å². The number of benzene rings is 1. The summed E-state index contributed by atoms with van der Waals surface area (Å²) in [5.41, 5.74) is 2.56. The van der Waals surface area contributed by atoms with Crippen molar-refractivity contribution in [2.24, 2.45) is 0 Å². The molecule has 1 aromatic heterocycles. The highest BCUT2D eigenvalue weighted by atomic mass is 16.4. The summed E-state index contributed by atoms with van der Waals surface area (Å²) in [5.74, 6) is -0.446. The summed E-state index contributed by atoms with van der Waals surface area (Å²) in [7, 11) is 0. The molecule has 0 aliphatic rings. The molecule has 2 rings (SSSR count). The van der Waals surface area contributed by atoms with Crippen LogP contribution in [0.4, 0.5) is 0 Å². The largest absolute Gasteiger partial charge is 0.478 e. The van der Waals surface area contributed by atoms with Gasteiger partial charge in [-0.2, -0.15) is 0 Å². The van der Waals surface area contributed by atoms with E-state index in [1.165, 1.54) is 0 Å². The second-order valence-corrected chi connectivity index (χ2v) is 4.94. The van der Waals surface area contributed by atoms with Crippen LogP contribution in [0.3, 0.4) is 0 Å². The Morgan fingerprint density at radius 3 is 2.53 bits per heavy atom. The molecule has 0 unspecified atom stereocenters. The van der Waals surface area contributed by atoms with Gasteiger partial charge in [-0.1, -0.05) is 26.0 Å². The summed E-state index contributed by atoms with van der Waals surface area (Å²) in [6.07, 6.45) is 4.78. The maximum atomic E-state index is 10.7. The lowest BCUT2D eigenvalue weighted by Gasteiger charge is -2.03. The monoisotopic (exact) mass is 258 g/mol. The van der Waals surface area contributed by atoms with Crippen LogP contribution in [0.2, 0.25) is 0 Å². The van der Waals surface area contributed by atoms with Crippen molar-refractivity contribution in [1.82, 2.24) is 9.55 Å². The van der Waals surface area contributed by atoms with Gasteiger partial charge in [0.1, 0.15) is 0 Å². The third-order valence-electron chi connectivity index (χ3n) is 3.10. The van der Waals surface area contributed by atoms with Gasteiger partial charge in [-0.3, -0.25) is 0 Å². The fraction of sp³-hybridized carbons (Fsp3) is 0.333. The van der Waals surface area contributed by atoms with Crippen LogP contribution < -0.4 is 0 Å². The zero-order chi connectivity index (χ0) is 13.8. The predicted octanol–water partition coefficient (Wildman–Crippen LogP) is 2.95. The highest BCUT2D eigenvalue weighted by Crippen LogP contribution is 2.11. The summed E-state index contributed by atoms with van der Waals surface area (Å²) in [6, 6.07) is 7.02. The number of hydrogen-bond acceptors (Lipinski definition) is 2. The van der Waals surface area contributed by atoms with Crippen molar-refractivity contribution < 1.29 is 9.90 Å². The van der Waals surface area contributed by atoms with Crippen LogP contribution >= 0.6 is 0 Å². The van der Waals surface area contributed by atoms with Crippen molar-refractivity contribution in [3.63, 3.8) is 0 Å². The number of rotatable bonds is 5. The minimum atomic E-state index is -0.886. The van der Waals surface area contributed by atoms with Gasteiger partial charge in [0.25, 0.3) is 0 Å². The Morgan fingerprint density at radius 1 is 1.32 bits per heavy atom. The van der Waals surface area contributed by atoms with Crippen molar-refractivity contribution in [3.05, 3.63) is 53.6 Å². The Hall–Kier alpha value is -2.10. The van der Waals surface area contributed by atoms with E-state index in [1.54, 1.807) is 12.1 Å². The second-order valence-electron chi connectivity index (χ2n) is 4.94. The third kappa shape index (κ3) is 3.44. The molecule has 0 aliphatic heterocycles. The van der Waals surface area contributed by atoms with Crippen molar-refractivity contribution >= 4 is 5.97 Å². The molecule has 0 saturated heterocycles. The molecule has 0 fully saturated rings. The number of carbonyl (C=O) groups is 1. The average Bonchev–Trinajstić information content (AvgIpc) is 2.86. The standard InChI is InChI=1S/C15H18N2O2/c1-11(2)14-9-17(10-16-14)8-7-12-3-5-13(6-4-12)15(18)19/h3-6,9-11H,7-8H2,1-2H3,(H,18,19). The van der Waals surface area contributed by atoms with Crippen LogP contribution in [-0.2, 0) is 13.0 Å². The smallest absolute Gasteiger partial charge is 0.335 e. The van der Waals surface area contributed by atoms with E-state index in [9.17, 15) is 4.79 Å². The Labute approximate surface area is 112 Å². The lowest BCUT2D eigenvalue weighted by atomic mass is 10.1. The quantitative estimate of drug-likeness (QED) is 0.897. The lowest BCUT2D eigenvalue weighted by Crippen LogP contribution is -2.00. The van der Waals surface area contributed by atoms with E-state index in [-0.39, 0.29) is 0 Å². The first-order valence-corrected chi connectivity index (χ1v) is 6.40. The molecule has 0 atom stereocenters. The number of nitrogens with zero attached hydrogens (tertiary/aromatic N) is 2. The molecule has 1 heterocycles. The van der Waals surface area contributed by atoms with E-state index in [4.69, 9.17) is 5.11 Å². The molecule has 0 aliphatic carbocycles. The molecule has 100 valence electrons. The van der Waals surface area contributed by atoms with Gasteiger partial charge >= 0.3 is 5.97 Å². The highest BCUT2D eigenvalue weighted by Gasteiger charge is 2.04. The minimum absolute atomic E-state index is 0.327. The molecule has 2 aromatic rings. The molecule has 19 heavy (non-hydrogen) atoms. The second kappa shape index (κ2) is 5.69. The zero-order valence-corrected chi connectivity index (χ0v) is 11.2. The first-order valence-electron chi connectivity index (χ1n) is 6.40. The molecule has 4 nitrogen and oxygen atoms in total. The van der Waals surface area contributed by atoms with Gasteiger partial charge in [0.15, 0.2) is 0 Å². The first-order chi connectivity index (χ1) is 9.06. The molecule has 0 amide bonds. The zero-order valence-electron chi connectivity index (χ0n) is 11.2. The molecule has 0 saturated carbocycles.